The second-order valence-corrected chi connectivity index (χ2v) is 4.96. The van der Waals surface area contributed by atoms with Gasteiger partial charge in [0.05, 0.1) is 6.42 Å². The van der Waals surface area contributed by atoms with Gasteiger partial charge in [-0.15, -0.1) is 0 Å². The summed E-state index contributed by atoms with van der Waals surface area (Å²) >= 11 is 0. The van der Waals surface area contributed by atoms with Gasteiger partial charge in [0, 0.05) is 43.0 Å². The number of aryl methyl sites for hydroxylation is 1. The summed E-state index contributed by atoms with van der Waals surface area (Å²) in [5.74, 6) is 1.48. The molecule has 4 rings (SSSR count). The normalized spacial score (nSPS) is 11.0. The average molecular weight is 308 g/mol. The molecule has 23 heavy (non-hydrogen) atoms. The van der Waals surface area contributed by atoms with Gasteiger partial charge in [-0.3, -0.25) is 9.67 Å². The van der Waals surface area contributed by atoms with Gasteiger partial charge in [0.1, 0.15) is 0 Å². The van der Waals surface area contributed by atoms with Crippen LogP contribution in [0.1, 0.15) is 11.5 Å². The maximum Gasteiger partial charge on any atom is 0.280 e. The molecule has 0 aromatic carbocycles. The molecule has 4 aromatic rings. The van der Waals surface area contributed by atoms with Crippen molar-refractivity contribution >= 4 is 0 Å². The van der Waals surface area contributed by atoms with E-state index in [1.807, 2.05) is 25.2 Å². The smallest absolute Gasteiger partial charge is 0.280 e. The molecule has 8 nitrogen and oxygen atoms in total. The van der Waals surface area contributed by atoms with Crippen molar-refractivity contribution < 1.29 is 9.05 Å². The maximum atomic E-state index is 5.31. The van der Waals surface area contributed by atoms with E-state index >= 15 is 0 Å². The van der Waals surface area contributed by atoms with Gasteiger partial charge in [0.15, 0.2) is 17.3 Å². The highest BCUT2D eigenvalue weighted by Gasteiger charge is 2.16. The Morgan fingerprint density at radius 3 is 2.87 bits per heavy atom. The summed E-state index contributed by atoms with van der Waals surface area (Å²) in [5.41, 5.74) is 2.32. The van der Waals surface area contributed by atoms with E-state index < -0.39 is 0 Å². The van der Waals surface area contributed by atoms with Crippen molar-refractivity contribution in [3.05, 3.63) is 54.4 Å². The van der Waals surface area contributed by atoms with Crippen LogP contribution in [0.25, 0.3) is 22.9 Å². The Hall–Kier alpha value is -3.29. The Kier molecular flexibility index (Phi) is 3.19. The summed E-state index contributed by atoms with van der Waals surface area (Å²) < 4.78 is 12.3. The average Bonchev–Trinajstić information content (AvgIpc) is 3.30. The lowest BCUT2D eigenvalue weighted by Crippen LogP contribution is -2.00. The Balaban J connectivity index is 1.58. The van der Waals surface area contributed by atoms with Crippen molar-refractivity contribution in [1.29, 1.82) is 0 Å². The van der Waals surface area contributed by atoms with Crippen molar-refractivity contribution in [2.75, 3.05) is 0 Å². The highest BCUT2D eigenvalue weighted by Crippen LogP contribution is 2.24. The predicted molar refractivity (Wildman–Crippen MR) is 79.0 cm³/mol. The fourth-order valence-electron chi connectivity index (χ4n) is 2.19. The zero-order valence-corrected chi connectivity index (χ0v) is 12.2. The first-order valence-corrected chi connectivity index (χ1v) is 6.96. The standard InChI is InChI=1S/C15H12N6O2/c1-21-11(4-6-17-21)7-14-18-15(23-20-14)12-8-13(22-19-12)10-3-2-5-16-9-10/h2-6,8-9H,7H2,1H3. The fourth-order valence-corrected chi connectivity index (χ4v) is 2.19. The minimum atomic E-state index is 0.320. The molecule has 0 unspecified atom stereocenters. The summed E-state index contributed by atoms with van der Waals surface area (Å²) in [6.07, 6.45) is 5.66. The number of hydrogen-bond acceptors (Lipinski definition) is 7. The van der Waals surface area contributed by atoms with Crippen LogP contribution in [0.5, 0.6) is 0 Å². The first-order chi connectivity index (χ1) is 11.3. The Bertz CT molecular complexity index is 924. The third-order valence-electron chi connectivity index (χ3n) is 3.41. The van der Waals surface area contributed by atoms with Crippen LogP contribution in [0.4, 0.5) is 0 Å². The number of rotatable bonds is 4. The van der Waals surface area contributed by atoms with Crippen molar-refractivity contribution in [2.45, 2.75) is 6.42 Å². The Morgan fingerprint density at radius 1 is 1.13 bits per heavy atom. The topological polar surface area (TPSA) is 95.7 Å². The molecule has 114 valence electrons. The van der Waals surface area contributed by atoms with Gasteiger partial charge in [-0.2, -0.15) is 10.1 Å². The number of nitrogens with zero attached hydrogens (tertiary/aromatic N) is 6. The minimum absolute atomic E-state index is 0.320. The van der Waals surface area contributed by atoms with Crippen LogP contribution in [0, 0.1) is 0 Å². The predicted octanol–water partition coefficient (Wildman–Crippen LogP) is 2.11. The molecule has 8 heteroatoms. The van der Waals surface area contributed by atoms with Crippen LogP contribution >= 0.6 is 0 Å². The van der Waals surface area contributed by atoms with Crippen LogP contribution in [0.15, 0.2) is 51.9 Å². The van der Waals surface area contributed by atoms with Crippen LogP contribution in [0.2, 0.25) is 0 Å². The number of pyridine rings is 1. The van der Waals surface area contributed by atoms with E-state index in [9.17, 15) is 0 Å². The molecule has 0 saturated heterocycles. The highest BCUT2D eigenvalue weighted by molar-refractivity contribution is 5.61. The number of aromatic nitrogens is 6. The molecule has 0 aliphatic heterocycles. The lowest BCUT2D eigenvalue weighted by atomic mass is 10.2. The second-order valence-electron chi connectivity index (χ2n) is 4.96. The van der Waals surface area contributed by atoms with E-state index in [0.717, 1.165) is 11.3 Å². The van der Waals surface area contributed by atoms with Crippen LogP contribution in [-0.4, -0.2) is 30.1 Å². The largest absolute Gasteiger partial charge is 0.355 e. The minimum Gasteiger partial charge on any atom is -0.355 e. The van der Waals surface area contributed by atoms with E-state index in [4.69, 9.17) is 9.05 Å². The molecule has 0 aliphatic carbocycles. The van der Waals surface area contributed by atoms with Gasteiger partial charge in [0.2, 0.25) is 0 Å². The van der Waals surface area contributed by atoms with Crippen LogP contribution < -0.4 is 0 Å². The zero-order chi connectivity index (χ0) is 15.6. The third kappa shape index (κ3) is 2.61. The first-order valence-electron chi connectivity index (χ1n) is 6.96. The molecular weight excluding hydrogens is 296 g/mol. The SMILES string of the molecule is Cn1nccc1Cc1noc(-c2cc(-c3cccnc3)on2)n1. The molecule has 0 atom stereocenters. The molecule has 0 amide bonds. The summed E-state index contributed by atoms with van der Waals surface area (Å²) in [6.45, 7) is 0. The molecule has 0 spiro atoms. The van der Waals surface area contributed by atoms with E-state index in [2.05, 4.69) is 25.4 Å². The van der Waals surface area contributed by atoms with E-state index in [0.29, 0.717) is 29.6 Å². The Labute approximate surface area is 130 Å². The van der Waals surface area contributed by atoms with Crippen molar-refractivity contribution in [1.82, 2.24) is 30.1 Å². The van der Waals surface area contributed by atoms with Crippen molar-refractivity contribution in [3.63, 3.8) is 0 Å². The third-order valence-corrected chi connectivity index (χ3v) is 3.41. The molecule has 0 N–H and O–H groups in total. The van der Waals surface area contributed by atoms with Gasteiger partial charge in [0.25, 0.3) is 5.89 Å². The fraction of sp³-hybridized carbons (Fsp3) is 0.133. The molecule has 0 fully saturated rings. The molecule has 0 radical (unpaired) electrons. The van der Waals surface area contributed by atoms with Crippen molar-refractivity contribution in [2.24, 2.45) is 7.05 Å². The molecular formula is C15H12N6O2. The molecule has 0 bridgehead atoms. The number of hydrogen-bond donors (Lipinski definition) is 0. The van der Waals surface area contributed by atoms with Gasteiger partial charge < -0.3 is 9.05 Å². The van der Waals surface area contributed by atoms with Crippen molar-refractivity contribution in [3.8, 4) is 22.9 Å². The van der Waals surface area contributed by atoms with Crippen LogP contribution in [-0.2, 0) is 13.5 Å². The molecule has 4 aromatic heterocycles. The van der Waals surface area contributed by atoms with E-state index in [-0.39, 0.29) is 0 Å². The summed E-state index contributed by atoms with van der Waals surface area (Å²) in [5, 5.41) is 12.1. The summed E-state index contributed by atoms with van der Waals surface area (Å²) in [4.78, 5) is 8.40. The van der Waals surface area contributed by atoms with E-state index in [1.54, 1.807) is 29.3 Å². The monoisotopic (exact) mass is 308 g/mol. The molecule has 0 aliphatic rings. The van der Waals surface area contributed by atoms with E-state index in [1.165, 1.54) is 0 Å². The zero-order valence-electron chi connectivity index (χ0n) is 12.2. The summed E-state index contributed by atoms with van der Waals surface area (Å²) in [6, 6.07) is 7.38. The highest BCUT2D eigenvalue weighted by atomic mass is 16.5. The quantitative estimate of drug-likeness (QED) is 0.569. The maximum absolute atomic E-state index is 5.31. The molecule has 0 saturated carbocycles. The van der Waals surface area contributed by atoms with Gasteiger partial charge in [-0.05, 0) is 18.2 Å². The van der Waals surface area contributed by atoms with Gasteiger partial charge >= 0.3 is 0 Å². The van der Waals surface area contributed by atoms with Gasteiger partial charge in [-0.1, -0.05) is 10.3 Å². The lowest BCUT2D eigenvalue weighted by Gasteiger charge is -1.95. The first kappa shape index (κ1) is 13.4. The van der Waals surface area contributed by atoms with Gasteiger partial charge in [-0.25, -0.2) is 0 Å². The Morgan fingerprint density at radius 2 is 2.09 bits per heavy atom. The van der Waals surface area contributed by atoms with Crippen LogP contribution in [0.3, 0.4) is 0 Å². The lowest BCUT2D eigenvalue weighted by molar-refractivity contribution is 0.407. The summed E-state index contributed by atoms with van der Waals surface area (Å²) in [7, 11) is 1.87. The molecule has 4 heterocycles. The second kappa shape index (κ2) is 5.48.